The van der Waals surface area contributed by atoms with E-state index in [4.69, 9.17) is 0 Å². The molecule has 2 bridgehead atoms. The van der Waals surface area contributed by atoms with Gasteiger partial charge < -0.3 is 10.2 Å². The highest BCUT2D eigenvalue weighted by Crippen LogP contribution is 2.36. The summed E-state index contributed by atoms with van der Waals surface area (Å²) in [4.78, 5) is 30.1. The third-order valence-corrected chi connectivity index (χ3v) is 6.48. The van der Waals surface area contributed by atoms with Crippen LogP contribution < -0.4 is 5.32 Å². The molecule has 3 aliphatic rings. The van der Waals surface area contributed by atoms with Gasteiger partial charge in [-0.3, -0.25) is 19.4 Å². The number of carbonyl (C=O) groups excluding carboxylic acids is 2. The Balaban J connectivity index is 1.42. The quantitative estimate of drug-likeness (QED) is 0.754. The van der Waals surface area contributed by atoms with Gasteiger partial charge in [-0.05, 0) is 51.6 Å². The smallest absolute Gasteiger partial charge is 0.352 e. The number of nitrogens with zero attached hydrogens (tertiary/aromatic N) is 3. The maximum Gasteiger partial charge on any atom is 0.391 e. The third kappa shape index (κ3) is 5.17. The van der Waals surface area contributed by atoms with Crippen molar-refractivity contribution < 1.29 is 22.8 Å². The van der Waals surface area contributed by atoms with E-state index < -0.39 is 12.1 Å². The van der Waals surface area contributed by atoms with E-state index in [1.54, 1.807) is 19.0 Å². The SMILES string of the molecule is CN(C)C(=O)CN1C2CCC1CC(NC(=O)CN1CCC(C(F)(F)F)CC1)C2. The topological polar surface area (TPSA) is 55.9 Å². The van der Waals surface area contributed by atoms with E-state index in [0.717, 1.165) is 25.7 Å². The Bertz CT molecular complexity index is 562. The van der Waals surface area contributed by atoms with Gasteiger partial charge in [-0.2, -0.15) is 13.2 Å². The van der Waals surface area contributed by atoms with Gasteiger partial charge in [0.15, 0.2) is 0 Å². The van der Waals surface area contributed by atoms with Crippen LogP contribution in [0.15, 0.2) is 0 Å². The molecule has 160 valence electrons. The Kier molecular flexibility index (Phi) is 6.54. The van der Waals surface area contributed by atoms with E-state index in [2.05, 4.69) is 10.2 Å². The van der Waals surface area contributed by atoms with Gasteiger partial charge >= 0.3 is 6.18 Å². The minimum absolute atomic E-state index is 0.0687. The molecular weight excluding hydrogens is 373 g/mol. The zero-order chi connectivity index (χ0) is 20.5. The molecule has 6 nitrogen and oxygen atoms in total. The highest BCUT2D eigenvalue weighted by molar-refractivity contribution is 5.78. The summed E-state index contributed by atoms with van der Waals surface area (Å²) in [5.74, 6) is -1.24. The van der Waals surface area contributed by atoms with Crippen molar-refractivity contribution in [2.24, 2.45) is 5.92 Å². The number of nitrogens with one attached hydrogen (secondary N) is 1. The van der Waals surface area contributed by atoms with Crippen molar-refractivity contribution in [2.75, 3.05) is 40.3 Å². The standard InChI is InChI=1S/C19H31F3N4O2/c1-24(2)18(28)12-26-15-3-4-16(26)10-14(9-15)23-17(27)11-25-7-5-13(6-8-25)19(20,21)22/h13-16H,3-12H2,1-2H3,(H,23,27). The number of carbonyl (C=O) groups is 2. The van der Waals surface area contributed by atoms with Crippen LogP contribution in [0.1, 0.15) is 38.5 Å². The monoisotopic (exact) mass is 404 g/mol. The molecule has 0 aromatic carbocycles. The van der Waals surface area contributed by atoms with Crippen molar-refractivity contribution in [2.45, 2.75) is 62.8 Å². The van der Waals surface area contributed by atoms with Crippen LogP contribution in [0.5, 0.6) is 0 Å². The average molecular weight is 404 g/mol. The van der Waals surface area contributed by atoms with Gasteiger partial charge in [0.1, 0.15) is 0 Å². The van der Waals surface area contributed by atoms with Crippen molar-refractivity contribution in [3.63, 3.8) is 0 Å². The summed E-state index contributed by atoms with van der Waals surface area (Å²) >= 11 is 0. The Hall–Kier alpha value is -1.35. The molecule has 2 atom stereocenters. The maximum atomic E-state index is 12.7. The molecule has 3 heterocycles. The fourth-order valence-corrected chi connectivity index (χ4v) is 4.84. The summed E-state index contributed by atoms with van der Waals surface area (Å²) in [6, 6.07) is 0.717. The lowest BCUT2D eigenvalue weighted by Crippen LogP contribution is -2.54. The first-order valence-corrected chi connectivity index (χ1v) is 10.2. The minimum atomic E-state index is -4.13. The van der Waals surface area contributed by atoms with Crippen molar-refractivity contribution in [3.05, 3.63) is 0 Å². The first-order valence-electron chi connectivity index (χ1n) is 10.2. The summed E-state index contributed by atoms with van der Waals surface area (Å²) < 4.78 is 38.2. The summed E-state index contributed by atoms with van der Waals surface area (Å²) in [7, 11) is 3.52. The molecule has 3 aliphatic heterocycles. The second-order valence-electron chi connectivity index (χ2n) is 8.67. The predicted octanol–water partition coefficient (Wildman–Crippen LogP) is 1.46. The maximum absolute atomic E-state index is 12.7. The van der Waals surface area contributed by atoms with Gasteiger partial charge in [0.05, 0.1) is 19.0 Å². The number of hydrogen-bond acceptors (Lipinski definition) is 4. The van der Waals surface area contributed by atoms with Crippen molar-refractivity contribution in [1.82, 2.24) is 20.0 Å². The summed E-state index contributed by atoms with van der Waals surface area (Å²) in [6.45, 7) is 1.22. The van der Waals surface area contributed by atoms with Crippen LogP contribution in [-0.2, 0) is 9.59 Å². The van der Waals surface area contributed by atoms with Crippen molar-refractivity contribution >= 4 is 11.8 Å². The fraction of sp³-hybridized carbons (Fsp3) is 0.895. The summed E-state index contributed by atoms with van der Waals surface area (Å²) in [6.07, 6.45) is -0.238. The van der Waals surface area contributed by atoms with E-state index in [1.807, 2.05) is 4.90 Å². The molecule has 28 heavy (non-hydrogen) atoms. The number of alkyl halides is 3. The van der Waals surface area contributed by atoms with Crippen LogP contribution >= 0.6 is 0 Å². The minimum Gasteiger partial charge on any atom is -0.352 e. The van der Waals surface area contributed by atoms with Gasteiger partial charge in [0.2, 0.25) is 11.8 Å². The molecule has 0 saturated carbocycles. The highest BCUT2D eigenvalue weighted by Gasteiger charge is 2.43. The van der Waals surface area contributed by atoms with E-state index >= 15 is 0 Å². The number of hydrogen-bond donors (Lipinski definition) is 1. The Morgan fingerprint density at radius 1 is 1.00 bits per heavy atom. The van der Waals surface area contributed by atoms with Gasteiger partial charge in [-0.1, -0.05) is 0 Å². The van der Waals surface area contributed by atoms with Crippen molar-refractivity contribution in [1.29, 1.82) is 0 Å². The van der Waals surface area contributed by atoms with E-state index in [-0.39, 0.29) is 37.2 Å². The predicted molar refractivity (Wildman–Crippen MR) is 98.6 cm³/mol. The molecule has 0 aromatic rings. The first kappa shape index (κ1) is 21.4. The first-order chi connectivity index (χ1) is 13.1. The zero-order valence-corrected chi connectivity index (χ0v) is 16.7. The largest absolute Gasteiger partial charge is 0.391 e. The number of halogens is 3. The molecule has 3 saturated heterocycles. The molecule has 2 unspecified atom stereocenters. The number of fused-ring (bicyclic) bond motifs is 2. The van der Waals surface area contributed by atoms with E-state index in [9.17, 15) is 22.8 Å². The van der Waals surface area contributed by atoms with Crippen LogP contribution in [-0.4, -0.2) is 91.1 Å². The number of rotatable bonds is 5. The zero-order valence-electron chi connectivity index (χ0n) is 16.7. The highest BCUT2D eigenvalue weighted by atomic mass is 19.4. The number of piperidine rings is 2. The molecule has 3 fully saturated rings. The lowest BCUT2D eigenvalue weighted by molar-refractivity contribution is -0.185. The van der Waals surface area contributed by atoms with E-state index in [0.29, 0.717) is 31.7 Å². The van der Waals surface area contributed by atoms with Crippen LogP contribution in [0.3, 0.4) is 0 Å². The molecule has 1 N–H and O–H groups in total. The molecule has 2 amide bonds. The van der Waals surface area contributed by atoms with Crippen LogP contribution in [0.4, 0.5) is 13.2 Å². The van der Waals surface area contributed by atoms with Crippen LogP contribution in [0.2, 0.25) is 0 Å². The van der Waals surface area contributed by atoms with E-state index in [1.165, 1.54) is 0 Å². The van der Waals surface area contributed by atoms with Gasteiger partial charge in [-0.25, -0.2) is 0 Å². The molecule has 9 heteroatoms. The Morgan fingerprint density at radius 2 is 1.57 bits per heavy atom. The third-order valence-electron chi connectivity index (χ3n) is 6.48. The molecule has 0 aliphatic carbocycles. The number of likely N-dealkylation sites (N-methyl/N-ethyl adjacent to an activating group) is 1. The Morgan fingerprint density at radius 3 is 2.07 bits per heavy atom. The summed E-state index contributed by atoms with van der Waals surface area (Å²) in [5, 5.41) is 3.08. The molecule has 0 radical (unpaired) electrons. The van der Waals surface area contributed by atoms with Crippen LogP contribution in [0, 0.1) is 5.92 Å². The number of amides is 2. The van der Waals surface area contributed by atoms with Gasteiger partial charge in [0.25, 0.3) is 0 Å². The normalized spacial score (nSPS) is 29.7. The Labute approximate surface area is 164 Å². The fourth-order valence-electron chi connectivity index (χ4n) is 4.84. The van der Waals surface area contributed by atoms with Crippen LogP contribution in [0.25, 0.3) is 0 Å². The second kappa shape index (κ2) is 8.57. The van der Waals surface area contributed by atoms with Gasteiger partial charge in [0, 0.05) is 32.2 Å². The molecule has 0 aromatic heterocycles. The van der Waals surface area contributed by atoms with Crippen molar-refractivity contribution in [3.8, 4) is 0 Å². The average Bonchev–Trinajstić information content (AvgIpc) is 2.84. The second-order valence-corrected chi connectivity index (χ2v) is 8.67. The van der Waals surface area contributed by atoms with Gasteiger partial charge in [-0.15, -0.1) is 0 Å². The summed E-state index contributed by atoms with van der Waals surface area (Å²) in [5.41, 5.74) is 0. The number of likely N-dealkylation sites (tertiary alicyclic amines) is 1. The lowest BCUT2D eigenvalue weighted by atomic mass is 9.96. The molecule has 3 rings (SSSR count). The lowest BCUT2D eigenvalue weighted by Gasteiger charge is -2.39. The molecular formula is C19H31F3N4O2. The molecule has 0 spiro atoms.